The molecule has 0 radical (unpaired) electrons. The van der Waals surface area contributed by atoms with E-state index in [-0.39, 0.29) is 23.9 Å². The molecule has 6 nitrogen and oxygen atoms in total. The quantitative estimate of drug-likeness (QED) is 0.882. The van der Waals surface area contributed by atoms with Crippen LogP contribution in [0.25, 0.3) is 0 Å². The van der Waals surface area contributed by atoms with Crippen molar-refractivity contribution in [1.82, 2.24) is 15.0 Å². The van der Waals surface area contributed by atoms with Crippen LogP contribution >= 0.6 is 0 Å². The Bertz CT molecular complexity index is 613. The topological polar surface area (TPSA) is 72.0 Å². The molecular formula is C14H18FN5O. The fourth-order valence-corrected chi connectivity index (χ4v) is 1.73. The molecule has 0 fully saturated rings. The number of rotatable bonds is 5. The molecule has 0 spiro atoms. The van der Waals surface area contributed by atoms with Gasteiger partial charge in [0, 0.05) is 12.7 Å². The number of anilines is 3. The second-order valence-corrected chi connectivity index (χ2v) is 4.82. The van der Waals surface area contributed by atoms with Gasteiger partial charge in [0.2, 0.25) is 11.9 Å². The Morgan fingerprint density at radius 2 is 1.81 bits per heavy atom. The Morgan fingerprint density at radius 3 is 2.43 bits per heavy atom. The minimum atomic E-state index is -0.320. The van der Waals surface area contributed by atoms with Crippen molar-refractivity contribution in [3.63, 3.8) is 0 Å². The Balaban J connectivity index is 2.29. The molecule has 112 valence electrons. The third-order valence-electron chi connectivity index (χ3n) is 2.48. The number of nitrogens with zero attached hydrogens (tertiary/aromatic N) is 3. The lowest BCUT2D eigenvalue weighted by Gasteiger charge is -2.11. The number of ether oxygens (including phenoxy) is 1. The SMILES string of the molecule is CNc1nc(Nc2cc(C)cc(F)c2)nc(OC(C)C)n1. The summed E-state index contributed by atoms with van der Waals surface area (Å²) in [6.45, 7) is 5.58. The normalized spacial score (nSPS) is 10.6. The maximum absolute atomic E-state index is 13.4. The van der Waals surface area contributed by atoms with Gasteiger partial charge in [0.15, 0.2) is 0 Å². The Morgan fingerprint density at radius 1 is 1.10 bits per heavy atom. The fourth-order valence-electron chi connectivity index (χ4n) is 1.73. The van der Waals surface area contributed by atoms with E-state index in [1.165, 1.54) is 12.1 Å². The first-order valence-corrected chi connectivity index (χ1v) is 6.61. The Kier molecular flexibility index (Phi) is 4.52. The van der Waals surface area contributed by atoms with Gasteiger partial charge in [0.1, 0.15) is 5.82 Å². The number of aryl methyl sites for hydroxylation is 1. The first-order valence-electron chi connectivity index (χ1n) is 6.61. The van der Waals surface area contributed by atoms with Crippen LogP contribution in [0.3, 0.4) is 0 Å². The standard InChI is InChI=1S/C14H18FN5O/c1-8(2)21-14-19-12(16-4)18-13(20-14)17-11-6-9(3)5-10(15)7-11/h5-8H,1-4H3,(H2,16,17,18,19,20). The second-order valence-electron chi connectivity index (χ2n) is 4.82. The van der Waals surface area contributed by atoms with E-state index in [2.05, 4.69) is 25.6 Å². The highest BCUT2D eigenvalue weighted by Crippen LogP contribution is 2.19. The molecule has 2 aromatic rings. The molecule has 1 heterocycles. The minimum Gasteiger partial charge on any atom is -0.461 e. The molecule has 0 atom stereocenters. The monoisotopic (exact) mass is 291 g/mol. The highest BCUT2D eigenvalue weighted by molar-refractivity contribution is 5.55. The molecule has 2 N–H and O–H groups in total. The predicted octanol–water partition coefficient (Wildman–Crippen LogP) is 2.89. The molecule has 0 aliphatic carbocycles. The van der Waals surface area contributed by atoms with Gasteiger partial charge < -0.3 is 15.4 Å². The van der Waals surface area contributed by atoms with Gasteiger partial charge in [0.05, 0.1) is 6.10 Å². The van der Waals surface area contributed by atoms with Gasteiger partial charge in [-0.3, -0.25) is 0 Å². The van der Waals surface area contributed by atoms with E-state index >= 15 is 0 Å². The Hall–Kier alpha value is -2.44. The van der Waals surface area contributed by atoms with Gasteiger partial charge in [-0.2, -0.15) is 15.0 Å². The summed E-state index contributed by atoms with van der Waals surface area (Å²) in [5.74, 6) is 0.338. The molecular weight excluding hydrogens is 273 g/mol. The lowest BCUT2D eigenvalue weighted by molar-refractivity contribution is 0.222. The van der Waals surface area contributed by atoms with Crippen molar-refractivity contribution in [2.45, 2.75) is 26.9 Å². The Labute approximate surface area is 122 Å². The van der Waals surface area contributed by atoms with Crippen LogP contribution in [0.2, 0.25) is 0 Å². The zero-order valence-electron chi connectivity index (χ0n) is 12.4. The van der Waals surface area contributed by atoms with Crippen LogP contribution in [0, 0.1) is 12.7 Å². The van der Waals surface area contributed by atoms with Crippen LogP contribution in [0.4, 0.5) is 22.0 Å². The fraction of sp³-hybridized carbons (Fsp3) is 0.357. The number of hydrogen-bond acceptors (Lipinski definition) is 6. The zero-order chi connectivity index (χ0) is 15.4. The number of hydrogen-bond donors (Lipinski definition) is 2. The summed E-state index contributed by atoms with van der Waals surface area (Å²) in [5.41, 5.74) is 1.37. The van der Waals surface area contributed by atoms with E-state index < -0.39 is 0 Å². The summed E-state index contributed by atoms with van der Waals surface area (Å²) in [4.78, 5) is 12.4. The van der Waals surface area contributed by atoms with E-state index in [1.807, 2.05) is 20.8 Å². The summed E-state index contributed by atoms with van der Waals surface area (Å²) in [5, 5.41) is 5.78. The lowest BCUT2D eigenvalue weighted by atomic mass is 10.2. The van der Waals surface area contributed by atoms with Crippen molar-refractivity contribution in [2.24, 2.45) is 0 Å². The van der Waals surface area contributed by atoms with E-state index in [0.29, 0.717) is 11.6 Å². The average Bonchev–Trinajstić information content (AvgIpc) is 2.36. The van der Waals surface area contributed by atoms with E-state index in [9.17, 15) is 4.39 Å². The van der Waals surface area contributed by atoms with Gasteiger partial charge in [-0.15, -0.1) is 0 Å². The average molecular weight is 291 g/mol. The first-order chi connectivity index (χ1) is 9.96. The third kappa shape index (κ3) is 4.27. The molecule has 0 saturated heterocycles. The number of nitrogens with one attached hydrogen (secondary N) is 2. The molecule has 1 aromatic heterocycles. The molecule has 0 saturated carbocycles. The van der Waals surface area contributed by atoms with E-state index in [0.717, 1.165) is 5.56 Å². The lowest BCUT2D eigenvalue weighted by Crippen LogP contribution is -2.12. The van der Waals surface area contributed by atoms with Crippen molar-refractivity contribution in [3.05, 3.63) is 29.6 Å². The number of aromatic nitrogens is 3. The van der Waals surface area contributed by atoms with Crippen LogP contribution in [0.1, 0.15) is 19.4 Å². The van der Waals surface area contributed by atoms with Crippen molar-refractivity contribution in [2.75, 3.05) is 17.7 Å². The maximum atomic E-state index is 13.4. The molecule has 7 heteroatoms. The summed E-state index contributed by atoms with van der Waals surface area (Å²) in [6, 6.07) is 4.83. The molecule has 0 amide bonds. The first kappa shape index (κ1) is 15.0. The summed E-state index contributed by atoms with van der Waals surface area (Å²) >= 11 is 0. The molecule has 0 bridgehead atoms. The second kappa shape index (κ2) is 6.34. The van der Waals surface area contributed by atoms with Gasteiger partial charge >= 0.3 is 6.01 Å². The van der Waals surface area contributed by atoms with Crippen molar-refractivity contribution < 1.29 is 9.13 Å². The van der Waals surface area contributed by atoms with Crippen LogP contribution in [-0.2, 0) is 0 Å². The molecule has 21 heavy (non-hydrogen) atoms. The van der Waals surface area contributed by atoms with Gasteiger partial charge in [-0.25, -0.2) is 4.39 Å². The van der Waals surface area contributed by atoms with Crippen molar-refractivity contribution in [3.8, 4) is 6.01 Å². The zero-order valence-corrected chi connectivity index (χ0v) is 12.4. The van der Waals surface area contributed by atoms with Crippen molar-refractivity contribution in [1.29, 1.82) is 0 Å². The molecule has 2 rings (SSSR count). The summed E-state index contributed by atoms with van der Waals surface area (Å²) in [7, 11) is 1.70. The van der Waals surface area contributed by atoms with Crippen LogP contribution in [0.5, 0.6) is 6.01 Å². The predicted molar refractivity (Wildman–Crippen MR) is 79.6 cm³/mol. The minimum absolute atomic E-state index is 0.0543. The molecule has 0 aliphatic rings. The van der Waals surface area contributed by atoms with Crippen molar-refractivity contribution >= 4 is 17.6 Å². The third-order valence-corrected chi connectivity index (χ3v) is 2.48. The smallest absolute Gasteiger partial charge is 0.323 e. The summed E-state index contributed by atoms with van der Waals surface area (Å²) in [6.07, 6.45) is -0.0543. The van der Waals surface area contributed by atoms with Gasteiger partial charge in [-0.1, -0.05) is 0 Å². The highest BCUT2D eigenvalue weighted by atomic mass is 19.1. The van der Waals surface area contributed by atoms with E-state index in [1.54, 1.807) is 13.1 Å². The largest absolute Gasteiger partial charge is 0.461 e. The van der Waals surface area contributed by atoms with E-state index in [4.69, 9.17) is 4.74 Å². The maximum Gasteiger partial charge on any atom is 0.323 e. The molecule has 1 aromatic carbocycles. The number of halogens is 1. The van der Waals surface area contributed by atoms with Crippen LogP contribution in [0.15, 0.2) is 18.2 Å². The van der Waals surface area contributed by atoms with Crippen LogP contribution < -0.4 is 15.4 Å². The van der Waals surface area contributed by atoms with Gasteiger partial charge in [-0.05, 0) is 44.5 Å². The summed E-state index contributed by atoms with van der Waals surface area (Å²) < 4.78 is 18.9. The van der Waals surface area contributed by atoms with Crippen LogP contribution in [-0.4, -0.2) is 28.1 Å². The molecule has 0 aliphatic heterocycles. The van der Waals surface area contributed by atoms with Gasteiger partial charge in [0.25, 0.3) is 0 Å². The molecule has 0 unspecified atom stereocenters. The highest BCUT2D eigenvalue weighted by Gasteiger charge is 2.09. The number of benzene rings is 1.